The van der Waals surface area contributed by atoms with Crippen LogP contribution >= 0.6 is 0 Å². The Balaban J connectivity index is 1.45. The number of nitrogens with zero attached hydrogens (tertiary/aromatic N) is 2. The van der Waals surface area contributed by atoms with E-state index in [4.69, 9.17) is 9.15 Å². The van der Waals surface area contributed by atoms with Gasteiger partial charge >= 0.3 is 0 Å². The predicted molar refractivity (Wildman–Crippen MR) is 104 cm³/mol. The minimum Gasteiger partial charge on any atom is -0.497 e. The van der Waals surface area contributed by atoms with Crippen molar-refractivity contribution in [3.63, 3.8) is 0 Å². The molecule has 6 nitrogen and oxygen atoms in total. The Labute approximate surface area is 165 Å². The molecule has 2 atom stereocenters. The molecule has 3 heterocycles. The van der Waals surface area contributed by atoms with Gasteiger partial charge in [0.25, 0.3) is 5.91 Å². The summed E-state index contributed by atoms with van der Waals surface area (Å²) in [5, 5.41) is 0. The molecule has 0 radical (unpaired) electrons. The maximum atomic E-state index is 13.3. The first-order valence-corrected chi connectivity index (χ1v) is 9.94. The summed E-state index contributed by atoms with van der Waals surface area (Å²) in [6.07, 6.45) is 5.14. The molecule has 0 bridgehead atoms. The summed E-state index contributed by atoms with van der Waals surface area (Å²) in [7, 11) is 1.65. The second-order valence-corrected chi connectivity index (χ2v) is 7.53. The van der Waals surface area contributed by atoms with Crippen LogP contribution in [0.15, 0.2) is 47.1 Å². The van der Waals surface area contributed by atoms with Crippen LogP contribution in [0.1, 0.15) is 47.8 Å². The number of furan rings is 1. The molecule has 0 N–H and O–H groups in total. The quantitative estimate of drug-likeness (QED) is 0.812. The van der Waals surface area contributed by atoms with Gasteiger partial charge in [-0.05, 0) is 55.5 Å². The Bertz CT molecular complexity index is 816. The van der Waals surface area contributed by atoms with Crippen LogP contribution in [0.5, 0.6) is 5.75 Å². The van der Waals surface area contributed by atoms with E-state index < -0.39 is 0 Å². The molecule has 1 aromatic carbocycles. The van der Waals surface area contributed by atoms with E-state index in [1.165, 1.54) is 6.26 Å². The third-order valence-corrected chi connectivity index (χ3v) is 5.83. The molecule has 4 rings (SSSR count). The fourth-order valence-corrected chi connectivity index (χ4v) is 4.36. The van der Waals surface area contributed by atoms with Crippen LogP contribution in [0, 0.1) is 5.92 Å². The van der Waals surface area contributed by atoms with Crippen LogP contribution in [0.4, 0.5) is 0 Å². The molecule has 2 aliphatic rings. The Morgan fingerprint density at radius 2 is 1.86 bits per heavy atom. The highest BCUT2D eigenvalue weighted by Crippen LogP contribution is 2.35. The first kappa shape index (κ1) is 18.6. The lowest BCUT2D eigenvalue weighted by atomic mass is 9.95. The van der Waals surface area contributed by atoms with Gasteiger partial charge in [-0.25, -0.2) is 0 Å². The van der Waals surface area contributed by atoms with E-state index in [2.05, 4.69) is 0 Å². The SMILES string of the molecule is COc1ccc([C@@H]2CCCN2C(=O)[C@H]2CCCN(C(=O)c3ccco3)C2)cc1. The Hall–Kier alpha value is -2.76. The van der Waals surface area contributed by atoms with Gasteiger partial charge in [0.15, 0.2) is 5.76 Å². The van der Waals surface area contributed by atoms with Crippen LogP contribution in [0.2, 0.25) is 0 Å². The number of carbonyl (C=O) groups excluding carboxylic acids is 2. The molecular formula is C22H26N2O4. The molecule has 28 heavy (non-hydrogen) atoms. The van der Waals surface area contributed by atoms with Gasteiger partial charge in [-0.15, -0.1) is 0 Å². The van der Waals surface area contributed by atoms with Gasteiger partial charge in [0.2, 0.25) is 5.91 Å². The van der Waals surface area contributed by atoms with Gasteiger partial charge in [-0.1, -0.05) is 12.1 Å². The third kappa shape index (κ3) is 3.63. The number of ether oxygens (including phenoxy) is 1. The van der Waals surface area contributed by atoms with Gasteiger partial charge in [-0.3, -0.25) is 9.59 Å². The standard InChI is InChI=1S/C22H26N2O4/c1-27-18-10-8-16(9-11-18)19-6-3-13-24(19)21(25)17-5-2-12-23(15-17)22(26)20-7-4-14-28-20/h4,7-11,14,17,19H,2-3,5-6,12-13,15H2,1H3/t17-,19-/m0/s1. The molecule has 2 saturated heterocycles. The lowest BCUT2D eigenvalue weighted by Gasteiger charge is -2.35. The number of hydrogen-bond acceptors (Lipinski definition) is 4. The Kier molecular flexibility index (Phi) is 5.37. The van der Waals surface area contributed by atoms with E-state index in [-0.39, 0.29) is 23.8 Å². The minimum atomic E-state index is -0.147. The molecule has 6 heteroatoms. The van der Waals surface area contributed by atoms with Gasteiger partial charge in [-0.2, -0.15) is 0 Å². The van der Waals surface area contributed by atoms with E-state index in [1.54, 1.807) is 24.1 Å². The highest BCUT2D eigenvalue weighted by Gasteiger charge is 2.37. The summed E-state index contributed by atoms with van der Waals surface area (Å²) in [6, 6.07) is 11.5. The van der Waals surface area contributed by atoms with E-state index in [1.807, 2.05) is 29.2 Å². The van der Waals surface area contributed by atoms with Crippen LogP contribution < -0.4 is 4.74 Å². The summed E-state index contributed by atoms with van der Waals surface area (Å²) in [6.45, 7) is 1.91. The van der Waals surface area contributed by atoms with Crippen LogP contribution in [0.25, 0.3) is 0 Å². The second-order valence-electron chi connectivity index (χ2n) is 7.53. The Morgan fingerprint density at radius 1 is 1.07 bits per heavy atom. The maximum absolute atomic E-state index is 13.3. The molecule has 2 aromatic rings. The average molecular weight is 382 g/mol. The number of rotatable bonds is 4. The predicted octanol–water partition coefficient (Wildman–Crippen LogP) is 3.50. The van der Waals surface area contributed by atoms with Gasteiger partial charge in [0.05, 0.1) is 25.3 Å². The van der Waals surface area contributed by atoms with Gasteiger partial charge in [0, 0.05) is 19.6 Å². The van der Waals surface area contributed by atoms with Crippen molar-refractivity contribution in [3.8, 4) is 5.75 Å². The maximum Gasteiger partial charge on any atom is 0.289 e. The molecule has 148 valence electrons. The monoisotopic (exact) mass is 382 g/mol. The highest BCUT2D eigenvalue weighted by atomic mass is 16.5. The van der Waals surface area contributed by atoms with E-state index >= 15 is 0 Å². The number of methoxy groups -OCH3 is 1. The number of likely N-dealkylation sites (tertiary alicyclic amines) is 2. The van der Waals surface area contributed by atoms with E-state index in [9.17, 15) is 9.59 Å². The number of hydrogen-bond donors (Lipinski definition) is 0. The first-order chi connectivity index (χ1) is 13.7. The van der Waals surface area contributed by atoms with E-state index in [0.717, 1.165) is 43.5 Å². The molecule has 2 amide bonds. The minimum absolute atomic E-state index is 0.106. The molecule has 0 aliphatic carbocycles. The van der Waals surface area contributed by atoms with Crippen molar-refractivity contribution in [1.29, 1.82) is 0 Å². The highest BCUT2D eigenvalue weighted by molar-refractivity contribution is 5.92. The largest absolute Gasteiger partial charge is 0.497 e. The normalized spacial score (nSPS) is 22.3. The molecule has 2 aliphatic heterocycles. The molecule has 0 unspecified atom stereocenters. The first-order valence-electron chi connectivity index (χ1n) is 9.94. The zero-order valence-corrected chi connectivity index (χ0v) is 16.2. The van der Waals surface area contributed by atoms with Crippen molar-refractivity contribution in [2.24, 2.45) is 5.92 Å². The lowest BCUT2D eigenvalue weighted by Crippen LogP contribution is -2.46. The number of benzene rings is 1. The molecule has 0 spiro atoms. The fraction of sp³-hybridized carbons (Fsp3) is 0.455. The zero-order valence-electron chi connectivity index (χ0n) is 16.2. The second kappa shape index (κ2) is 8.09. The number of carbonyl (C=O) groups is 2. The number of piperidine rings is 1. The number of amides is 2. The topological polar surface area (TPSA) is 63.0 Å². The summed E-state index contributed by atoms with van der Waals surface area (Å²) in [5.41, 5.74) is 1.14. The van der Waals surface area contributed by atoms with Crippen molar-refractivity contribution in [2.75, 3.05) is 26.7 Å². The van der Waals surface area contributed by atoms with Crippen LogP contribution in [-0.2, 0) is 4.79 Å². The van der Waals surface area contributed by atoms with Gasteiger partial charge < -0.3 is 19.0 Å². The molecular weight excluding hydrogens is 356 g/mol. The lowest BCUT2D eigenvalue weighted by molar-refractivity contribution is -0.138. The average Bonchev–Trinajstić information content (AvgIpc) is 3.45. The molecule has 2 fully saturated rings. The van der Waals surface area contributed by atoms with Crippen LogP contribution in [0.3, 0.4) is 0 Å². The molecule has 1 aromatic heterocycles. The molecule has 0 saturated carbocycles. The van der Waals surface area contributed by atoms with E-state index in [0.29, 0.717) is 18.8 Å². The van der Waals surface area contributed by atoms with Crippen molar-refractivity contribution in [1.82, 2.24) is 9.80 Å². The summed E-state index contributed by atoms with van der Waals surface area (Å²) in [4.78, 5) is 29.7. The summed E-state index contributed by atoms with van der Waals surface area (Å²) >= 11 is 0. The summed E-state index contributed by atoms with van der Waals surface area (Å²) in [5.74, 6) is 1.04. The van der Waals surface area contributed by atoms with Crippen molar-refractivity contribution in [2.45, 2.75) is 31.7 Å². The third-order valence-electron chi connectivity index (χ3n) is 5.83. The smallest absolute Gasteiger partial charge is 0.289 e. The van der Waals surface area contributed by atoms with Crippen molar-refractivity contribution < 1.29 is 18.7 Å². The van der Waals surface area contributed by atoms with Crippen molar-refractivity contribution >= 4 is 11.8 Å². The summed E-state index contributed by atoms with van der Waals surface area (Å²) < 4.78 is 10.5. The van der Waals surface area contributed by atoms with Gasteiger partial charge in [0.1, 0.15) is 5.75 Å². The Morgan fingerprint density at radius 3 is 2.57 bits per heavy atom. The zero-order chi connectivity index (χ0) is 19.5. The van der Waals surface area contributed by atoms with Crippen molar-refractivity contribution in [3.05, 3.63) is 54.0 Å². The fourth-order valence-electron chi connectivity index (χ4n) is 4.36. The van der Waals surface area contributed by atoms with Crippen LogP contribution in [-0.4, -0.2) is 48.4 Å².